The van der Waals surface area contributed by atoms with Crippen LogP contribution >= 0.6 is 0 Å². The van der Waals surface area contributed by atoms with E-state index < -0.39 is 0 Å². The number of hydrogen-bond donors (Lipinski definition) is 3. The average Bonchev–Trinajstić information content (AvgIpc) is 3.15. The van der Waals surface area contributed by atoms with Crippen molar-refractivity contribution < 1.29 is 5.11 Å². The van der Waals surface area contributed by atoms with Gasteiger partial charge in [0.25, 0.3) is 0 Å². The highest BCUT2D eigenvalue weighted by Crippen LogP contribution is 2.28. The summed E-state index contributed by atoms with van der Waals surface area (Å²) in [5.41, 5.74) is 4.70. The highest BCUT2D eigenvalue weighted by Gasteiger charge is 2.21. The number of fused-ring (bicyclic) bond motifs is 2. The fraction of sp³-hybridized carbons (Fsp3) is 0.375. The van der Waals surface area contributed by atoms with Crippen molar-refractivity contribution in [1.82, 2.24) is 19.5 Å². The van der Waals surface area contributed by atoms with Gasteiger partial charge < -0.3 is 20.3 Å². The van der Waals surface area contributed by atoms with Crippen LogP contribution in [0.1, 0.15) is 25.3 Å². The number of aromatic amines is 1. The number of piperidine rings is 1. The van der Waals surface area contributed by atoms with E-state index in [2.05, 4.69) is 43.4 Å². The minimum Gasteiger partial charge on any atom is -0.396 e. The van der Waals surface area contributed by atoms with Crippen molar-refractivity contribution in [2.75, 3.05) is 29.9 Å². The second kappa shape index (κ2) is 8.63. The van der Waals surface area contributed by atoms with Crippen LogP contribution in [0.2, 0.25) is 0 Å². The minimum atomic E-state index is -0.114. The zero-order valence-corrected chi connectivity index (χ0v) is 18.2. The maximum atomic E-state index is 12.2. The quantitative estimate of drug-likeness (QED) is 0.433. The molecule has 1 unspecified atom stereocenters. The van der Waals surface area contributed by atoms with Crippen LogP contribution in [0.15, 0.2) is 47.5 Å². The van der Waals surface area contributed by atoms with E-state index in [4.69, 9.17) is 0 Å². The Balaban J connectivity index is 1.45. The van der Waals surface area contributed by atoms with E-state index in [1.165, 1.54) is 11.3 Å². The highest BCUT2D eigenvalue weighted by atomic mass is 16.3. The summed E-state index contributed by atoms with van der Waals surface area (Å²) in [6.45, 7) is 5.29. The summed E-state index contributed by atoms with van der Waals surface area (Å²) in [7, 11) is 0. The van der Waals surface area contributed by atoms with Crippen LogP contribution in [-0.2, 0) is 13.1 Å². The fourth-order valence-corrected chi connectivity index (χ4v) is 4.74. The standard InChI is InChI=1S/C24H28N6O2/c1-2-30-22-11-19-18(10-20(22)28-24(30)32)23(27-15-26-19)25-12-17-7-3-4-8-21(17)29-9-5-6-16(13-29)14-31/h3-4,7-8,10-11,15-16,31H,2,5-6,9,12-14H2,1H3,(H,28,32)(H,25,26,27). The van der Waals surface area contributed by atoms with Gasteiger partial charge in [-0.2, -0.15) is 0 Å². The molecule has 0 radical (unpaired) electrons. The smallest absolute Gasteiger partial charge is 0.326 e. The number of imidazole rings is 1. The summed E-state index contributed by atoms with van der Waals surface area (Å²) in [6, 6.07) is 12.3. The van der Waals surface area contributed by atoms with E-state index in [0.717, 1.165) is 53.7 Å². The van der Waals surface area contributed by atoms with Gasteiger partial charge in [0.2, 0.25) is 0 Å². The van der Waals surface area contributed by atoms with E-state index >= 15 is 0 Å². The third-order valence-electron chi connectivity index (χ3n) is 6.40. The third-order valence-corrected chi connectivity index (χ3v) is 6.40. The molecular formula is C24H28N6O2. The maximum absolute atomic E-state index is 12.2. The number of aryl methyl sites for hydroxylation is 1. The monoisotopic (exact) mass is 432 g/mol. The number of H-pyrrole nitrogens is 1. The van der Waals surface area contributed by atoms with Gasteiger partial charge in [-0.25, -0.2) is 14.8 Å². The summed E-state index contributed by atoms with van der Waals surface area (Å²) in [5.74, 6) is 1.07. The molecule has 1 fully saturated rings. The minimum absolute atomic E-state index is 0.114. The molecular weight excluding hydrogens is 404 g/mol. The zero-order chi connectivity index (χ0) is 22.1. The lowest BCUT2D eigenvalue weighted by molar-refractivity contribution is 0.208. The number of nitrogens with zero attached hydrogens (tertiary/aromatic N) is 4. The molecule has 3 heterocycles. The third kappa shape index (κ3) is 3.71. The lowest BCUT2D eigenvalue weighted by Gasteiger charge is -2.35. The first-order valence-corrected chi connectivity index (χ1v) is 11.2. The summed E-state index contributed by atoms with van der Waals surface area (Å²) in [6.07, 6.45) is 3.73. The lowest BCUT2D eigenvalue weighted by Crippen LogP contribution is -2.37. The topological polar surface area (TPSA) is 99.1 Å². The molecule has 3 N–H and O–H groups in total. The van der Waals surface area contributed by atoms with E-state index in [-0.39, 0.29) is 12.3 Å². The molecule has 0 bridgehead atoms. The Morgan fingerprint density at radius 1 is 1.25 bits per heavy atom. The van der Waals surface area contributed by atoms with E-state index in [1.54, 1.807) is 10.9 Å². The number of anilines is 2. The van der Waals surface area contributed by atoms with E-state index in [9.17, 15) is 9.90 Å². The predicted octanol–water partition coefficient (Wildman–Crippen LogP) is 3.11. The number of aliphatic hydroxyl groups is 1. The van der Waals surface area contributed by atoms with Crippen LogP contribution in [0.3, 0.4) is 0 Å². The van der Waals surface area contributed by atoms with Gasteiger partial charge in [-0.05, 0) is 49.4 Å². The van der Waals surface area contributed by atoms with Gasteiger partial charge in [-0.1, -0.05) is 18.2 Å². The van der Waals surface area contributed by atoms with Gasteiger partial charge in [0.1, 0.15) is 12.1 Å². The van der Waals surface area contributed by atoms with Gasteiger partial charge in [0.15, 0.2) is 0 Å². The molecule has 1 aliphatic rings. The molecule has 1 saturated heterocycles. The van der Waals surface area contributed by atoms with Crippen molar-refractivity contribution in [1.29, 1.82) is 0 Å². The molecule has 5 rings (SSSR count). The number of nitrogens with one attached hydrogen (secondary N) is 2. The maximum Gasteiger partial charge on any atom is 0.326 e. The number of para-hydroxylation sites is 1. The SMILES string of the molecule is CCn1c(=O)[nH]c2cc3c(NCc4ccccc4N4CCCC(CO)C4)ncnc3cc21. The molecule has 1 atom stereocenters. The van der Waals surface area contributed by atoms with Gasteiger partial charge in [0.05, 0.1) is 16.6 Å². The number of rotatable bonds is 6. The van der Waals surface area contributed by atoms with Crippen molar-refractivity contribution in [3.63, 3.8) is 0 Å². The Kier molecular flexibility index (Phi) is 5.53. The van der Waals surface area contributed by atoms with Crippen LogP contribution in [0.5, 0.6) is 0 Å². The van der Waals surface area contributed by atoms with Crippen LogP contribution in [-0.4, -0.2) is 44.3 Å². The van der Waals surface area contributed by atoms with Crippen LogP contribution in [0, 0.1) is 5.92 Å². The average molecular weight is 433 g/mol. The molecule has 0 amide bonds. The molecule has 4 aromatic rings. The second-order valence-corrected chi connectivity index (χ2v) is 8.40. The van der Waals surface area contributed by atoms with Crippen LogP contribution in [0.4, 0.5) is 11.5 Å². The lowest BCUT2D eigenvalue weighted by atomic mass is 9.97. The van der Waals surface area contributed by atoms with Gasteiger partial charge in [0, 0.05) is 43.9 Å². The molecule has 166 valence electrons. The van der Waals surface area contributed by atoms with E-state index in [1.807, 2.05) is 25.1 Å². The molecule has 2 aromatic carbocycles. The number of hydrogen-bond acceptors (Lipinski definition) is 6. The van der Waals surface area contributed by atoms with Crippen LogP contribution < -0.4 is 15.9 Å². The van der Waals surface area contributed by atoms with E-state index in [0.29, 0.717) is 19.0 Å². The molecule has 8 nitrogen and oxygen atoms in total. The molecule has 0 aliphatic carbocycles. The molecule has 32 heavy (non-hydrogen) atoms. The number of aliphatic hydroxyl groups excluding tert-OH is 1. The Morgan fingerprint density at radius 2 is 2.12 bits per heavy atom. The summed E-state index contributed by atoms with van der Waals surface area (Å²) in [5, 5.41) is 14.0. The second-order valence-electron chi connectivity index (χ2n) is 8.40. The molecule has 0 spiro atoms. The van der Waals surface area contributed by atoms with Crippen molar-refractivity contribution in [2.24, 2.45) is 5.92 Å². The Hall–Kier alpha value is -3.39. The largest absolute Gasteiger partial charge is 0.396 e. The van der Waals surface area contributed by atoms with Crippen molar-refractivity contribution in [3.05, 3.63) is 58.8 Å². The van der Waals surface area contributed by atoms with Crippen molar-refractivity contribution >= 4 is 33.4 Å². The Labute approximate surface area is 185 Å². The highest BCUT2D eigenvalue weighted by molar-refractivity contribution is 5.98. The number of benzene rings is 2. The summed E-state index contributed by atoms with van der Waals surface area (Å²) < 4.78 is 1.71. The predicted molar refractivity (Wildman–Crippen MR) is 127 cm³/mol. The summed E-state index contributed by atoms with van der Waals surface area (Å²) in [4.78, 5) is 26.4. The van der Waals surface area contributed by atoms with Gasteiger partial charge >= 0.3 is 5.69 Å². The first-order valence-electron chi connectivity index (χ1n) is 11.2. The first kappa shape index (κ1) is 20.5. The van der Waals surface area contributed by atoms with Gasteiger partial charge in [-0.15, -0.1) is 0 Å². The van der Waals surface area contributed by atoms with Gasteiger partial charge in [-0.3, -0.25) is 4.57 Å². The molecule has 1 aliphatic heterocycles. The molecule has 8 heteroatoms. The van der Waals surface area contributed by atoms with Crippen LogP contribution in [0.25, 0.3) is 21.9 Å². The molecule has 2 aromatic heterocycles. The Bertz CT molecular complexity index is 1310. The summed E-state index contributed by atoms with van der Waals surface area (Å²) >= 11 is 0. The first-order chi connectivity index (χ1) is 15.7. The van der Waals surface area contributed by atoms with Crippen molar-refractivity contribution in [2.45, 2.75) is 32.9 Å². The zero-order valence-electron chi connectivity index (χ0n) is 18.2. The fourth-order valence-electron chi connectivity index (χ4n) is 4.74. The normalized spacial score (nSPS) is 16.7. The van der Waals surface area contributed by atoms with Crippen molar-refractivity contribution in [3.8, 4) is 0 Å². The Morgan fingerprint density at radius 3 is 2.97 bits per heavy atom. The number of aromatic nitrogens is 4. The molecule has 0 saturated carbocycles.